The number of carbonyl (C=O) groups excluding carboxylic acids is 1. The van der Waals surface area contributed by atoms with Crippen LogP contribution in [0.3, 0.4) is 0 Å². The molecule has 0 aromatic heterocycles. The van der Waals surface area contributed by atoms with Crippen molar-refractivity contribution in [3.05, 3.63) is 54.1 Å². The number of para-hydroxylation sites is 1. The number of carbonyl (C=O) groups is 1. The van der Waals surface area contributed by atoms with Gasteiger partial charge >= 0.3 is 5.97 Å². The third-order valence-electron chi connectivity index (χ3n) is 3.63. The minimum atomic E-state index is -0.444. The molecule has 2 rings (SSSR count). The topological polar surface area (TPSA) is 44.8 Å². The Morgan fingerprint density at radius 3 is 2.33 bits per heavy atom. The number of esters is 1. The van der Waals surface area contributed by atoms with Crippen molar-refractivity contribution < 1.29 is 19.0 Å². The van der Waals surface area contributed by atoms with E-state index < -0.39 is 5.97 Å². The van der Waals surface area contributed by atoms with Crippen LogP contribution in [0.2, 0.25) is 0 Å². The Morgan fingerprint density at radius 1 is 0.917 bits per heavy atom. The maximum absolute atomic E-state index is 12.2. The molecule has 24 heavy (non-hydrogen) atoms. The van der Waals surface area contributed by atoms with E-state index in [1.54, 1.807) is 30.3 Å². The van der Waals surface area contributed by atoms with E-state index in [1.165, 1.54) is 26.4 Å². The first kappa shape index (κ1) is 17.9. The zero-order chi connectivity index (χ0) is 17.2. The van der Waals surface area contributed by atoms with Crippen LogP contribution < -0.4 is 14.2 Å². The maximum Gasteiger partial charge on any atom is 0.347 e. The van der Waals surface area contributed by atoms with Gasteiger partial charge in [0.15, 0.2) is 0 Å². The summed E-state index contributed by atoms with van der Waals surface area (Å²) in [6.45, 7) is 2.90. The molecule has 0 saturated carbocycles. The number of benzene rings is 2. The van der Waals surface area contributed by atoms with Gasteiger partial charge in [0.2, 0.25) is 0 Å². The molecule has 4 heteroatoms. The number of rotatable bonds is 9. The van der Waals surface area contributed by atoms with Crippen molar-refractivity contribution in [3.8, 4) is 17.2 Å². The normalized spacial score (nSPS) is 10.2. The minimum Gasteiger partial charge on any atom is -0.496 e. The molecule has 2 aromatic carbocycles. The van der Waals surface area contributed by atoms with Gasteiger partial charge in [-0.1, -0.05) is 38.3 Å². The second-order valence-electron chi connectivity index (χ2n) is 5.47. The smallest absolute Gasteiger partial charge is 0.347 e. The average molecular weight is 328 g/mol. The number of methoxy groups -OCH3 is 1. The van der Waals surface area contributed by atoms with Crippen LogP contribution in [0.1, 0.15) is 43.0 Å². The van der Waals surface area contributed by atoms with Crippen LogP contribution in [0, 0.1) is 0 Å². The third-order valence-corrected chi connectivity index (χ3v) is 3.63. The Labute approximate surface area is 143 Å². The lowest BCUT2D eigenvalue weighted by molar-refractivity contribution is 0.0731. The largest absolute Gasteiger partial charge is 0.496 e. The summed E-state index contributed by atoms with van der Waals surface area (Å²) in [6.07, 6.45) is 4.69. The lowest BCUT2D eigenvalue weighted by Gasteiger charge is -2.09. The van der Waals surface area contributed by atoms with Gasteiger partial charge < -0.3 is 14.2 Å². The fraction of sp³-hybridized carbons (Fsp3) is 0.350. The highest BCUT2D eigenvalue weighted by Gasteiger charge is 2.13. The predicted molar refractivity (Wildman–Crippen MR) is 94.0 cm³/mol. The first-order valence-electron chi connectivity index (χ1n) is 8.32. The summed E-state index contributed by atoms with van der Waals surface area (Å²) in [5, 5.41) is 0. The van der Waals surface area contributed by atoms with Crippen molar-refractivity contribution in [1.82, 2.24) is 0 Å². The number of unbranched alkanes of at least 4 members (excludes halogenated alkanes) is 3. The Morgan fingerprint density at radius 2 is 1.62 bits per heavy atom. The molecule has 0 fully saturated rings. The molecule has 0 aliphatic heterocycles. The van der Waals surface area contributed by atoms with E-state index in [1.807, 2.05) is 18.2 Å². The van der Waals surface area contributed by atoms with Crippen molar-refractivity contribution >= 4 is 5.97 Å². The molecule has 0 amide bonds. The summed E-state index contributed by atoms with van der Waals surface area (Å²) in [6, 6.07) is 14.1. The van der Waals surface area contributed by atoms with E-state index in [9.17, 15) is 4.79 Å². The molecule has 0 atom stereocenters. The second-order valence-corrected chi connectivity index (χ2v) is 5.47. The zero-order valence-corrected chi connectivity index (χ0v) is 14.3. The first-order valence-corrected chi connectivity index (χ1v) is 8.32. The average Bonchev–Trinajstić information content (AvgIpc) is 2.63. The summed E-state index contributed by atoms with van der Waals surface area (Å²) in [5.74, 6) is 1.31. The van der Waals surface area contributed by atoms with Gasteiger partial charge in [-0.3, -0.25) is 0 Å². The van der Waals surface area contributed by atoms with E-state index in [4.69, 9.17) is 14.2 Å². The van der Waals surface area contributed by atoms with E-state index in [-0.39, 0.29) is 0 Å². The molecule has 0 heterocycles. The van der Waals surface area contributed by atoms with Crippen molar-refractivity contribution in [2.75, 3.05) is 13.7 Å². The summed E-state index contributed by atoms with van der Waals surface area (Å²) >= 11 is 0. The molecular formula is C20H24O4. The highest BCUT2D eigenvalue weighted by molar-refractivity contribution is 5.93. The molecule has 0 N–H and O–H groups in total. The van der Waals surface area contributed by atoms with Crippen LogP contribution >= 0.6 is 0 Å². The van der Waals surface area contributed by atoms with Gasteiger partial charge in [0.1, 0.15) is 22.8 Å². The van der Waals surface area contributed by atoms with Crippen LogP contribution in [-0.4, -0.2) is 19.7 Å². The van der Waals surface area contributed by atoms with Crippen LogP contribution in [0.4, 0.5) is 0 Å². The number of hydrogen-bond donors (Lipinski definition) is 0. The Bertz CT molecular complexity index is 634. The van der Waals surface area contributed by atoms with Gasteiger partial charge in [-0.15, -0.1) is 0 Å². The van der Waals surface area contributed by atoms with Crippen molar-refractivity contribution in [2.45, 2.75) is 32.6 Å². The van der Waals surface area contributed by atoms with E-state index in [0.29, 0.717) is 23.7 Å². The minimum absolute atomic E-state index is 0.399. The Balaban J connectivity index is 1.88. The monoisotopic (exact) mass is 328 g/mol. The molecule has 128 valence electrons. The highest BCUT2D eigenvalue weighted by atomic mass is 16.5. The standard InChI is InChI=1S/C20H24O4/c1-3-4-5-8-15-23-16-11-13-17(14-12-16)24-20(21)18-9-6-7-10-19(18)22-2/h6-7,9-14H,3-5,8,15H2,1-2H3. The molecule has 0 bridgehead atoms. The van der Waals surface area contributed by atoms with Crippen LogP contribution in [0.15, 0.2) is 48.5 Å². The van der Waals surface area contributed by atoms with Crippen molar-refractivity contribution in [1.29, 1.82) is 0 Å². The fourth-order valence-corrected chi connectivity index (χ4v) is 2.30. The maximum atomic E-state index is 12.2. The molecule has 0 aliphatic rings. The van der Waals surface area contributed by atoms with Gasteiger partial charge in [0.05, 0.1) is 13.7 Å². The van der Waals surface area contributed by atoms with Gasteiger partial charge in [0, 0.05) is 0 Å². The summed E-state index contributed by atoms with van der Waals surface area (Å²) in [4.78, 5) is 12.2. The van der Waals surface area contributed by atoms with Gasteiger partial charge in [0.25, 0.3) is 0 Å². The lowest BCUT2D eigenvalue weighted by atomic mass is 10.2. The van der Waals surface area contributed by atoms with Gasteiger partial charge in [-0.05, 0) is 42.8 Å². The highest BCUT2D eigenvalue weighted by Crippen LogP contribution is 2.22. The second kappa shape index (κ2) is 9.60. The van der Waals surface area contributed by atoms with Crippen LogP contribution in [0.25, 0.3) is 0 Å². The summed E-state index contributed by atoms with van der Waals surface area (Å²) in [5.41, 5.74) is 0.399. The molecule has 0 unspecified atom stereocenters. The molecule has 2 aromatic rings. The Hall–Kier alpha value is -2.49. The number of hydrogen-bond acceptors (Lipinski definition) is 4. The van der Waals surface area contributed by atoms with Crippen LogP contribution in [-0.2, 0) is 0 Å². The predicted octanol–water partition coefficient (Wildman–Crippen LogP) is 4.87. The fourth-order valence-electron chi connectivity index (χ4n) is 2.30. The van der Waals surface area contributed by atoms with E-state index >= 15 is 0 Å². The van der Waals surface area contributed by atoms with E-state index in [0.717, 1.165) is 12.2 Å². The molecule has 4 nitrogen and oxygen atoms in total. The van der Waals surface area contributed by atoms with Gasteiger partial charge in [-0.2, -0.15) is 0 Å². The van der Waals surface area contributed by atoms with Crippen molar-refractivity contribution in [3.63, 3.8) is 0 Å². The lowest BCUT2D eigenvalue weighted by Crippen LogP contribution is -2.10. The quantitative estimate of drug-likeness (QED) is 0.374. The van der Waals surface area contributed by atoms with E-state index in [2.05, 4.69) is 6.92 Å². The SMILES string of the molecule is CCCCCCOc1ccc(OC(=O)c2ccccc2OC)cc1. The molecule has 0 spiro atoms. The Kier molecular flexibility index (Phi) is 7.15. The summed E-state index contributed by atoms with van der Waals surface area (Å²) in [7, 11) is 1.53. The zero-order valence-electron chi connectivity index (χ0n) is 14.3. The number of ether oxygens (including phenoxy) is 3. The van der Waals surface area contributed by atoms with Crippen LogP contribution in [0.5, 0.6) is 17.2 Å². The summed E-state index contributed by atoms with van der Waals surface area (Å²) < 4.78 is 16.2. The third kappa shape index (κ3) is 5.30. The van der Waals surface area contributed by atoms with Crippen molar-refractivity contribution in [2.24, 2.45) is 0 Å². The molecule has 0 saturated heterocycles. The molecule has 0 radical (unpaired) electrons. The van der Waals surface area contributed by atoms with Gasteiger partial charge in [-0.25, -0.2) is 4.79 Å². The first-order chi connectivity index (χ1) is 11.7. The molecule has 0 aliphatic carbocycles. The molecular weight excluding hydrogens is 304 g/mol.